The van der Waals surface area contributed by atoms with Crippen molar-refractivity contribution >= 4 is 23.8 Å². The van der Waals surface area contributed by atoms with E-state index in [1.54, 1.807) is 0 Å². The molecule has 1 N–H and O–H groups in total. The van der Waals surface area contributed by atoms with Crippen LogP contribution in [-0.2, 0) is 0 Å². The molecule has 0 saturated carbocycles. The SMILES string of the molecule is CSC(F)(F)C(F)(F)C(F)(F)SO. The summed E-state index contributed by atoms with van der Waals surface area (Å²) in [4.78, 5) is 0. The van der Waals surface area contributed by atoms with E-state index in [2.05, 4.69) is 0 Å². The van der Waals surface area contributed by atoms with Gasteiger partial charge in [0.2, 0.25) is 0 Å². The van der Waals surface area contributed by atoms with Gasteiger partial charge in [-0.2, -0.15) is 26.3 Å². The van der Waals surface area contributed by atoms with Gasteiger partial charge in [-0.05, 0) is 6.26 Å². The fourth-order valence-electron chi connectivity index (χ4n) is 0.355. The molecule has 0 aromatic heterocycles. The molecule has 0 aromatic carbocycles. The number of halogens is 6. The molecule has 0 saturated heterocycles. The van der Waals surface area contributed by atoms with Crippen LogP contribution in [0.1, 0.15) is 0 Å². The van der Waals surface area contributed by atoms with Crippen LogP contribution in [0.2, 0.25) is 0 Å². The van der Waals surface area contributed by atoms with E-state index in [4.69, 9.17) is 4.55 Å². The Labute approximate surface area is 78.1 Å². The van der Waals surface area contributed by atoms with E-state index in [1.807, 2.05) is 0 Å². The van der Waals surface area contributed by atoms with Gasteiger partial charge in [-0.15, -0.1) is 0 Å². The van der Waals surface area contributed by atoms with Gasteiger partial charge in [0.05, 0.1) is 12.0 Å². The van der Waals surface area contributed by atoms with E-state index in [0.29, 0.717) is 6.26 Å². The van der Waals surface area contributed by atoms with Gasteiger partial charge < -0.3 is 4.55 Å². The molecule has 1 nitrogen and oxygen atoms in total. The van der Waals surface area contributed by atoms with E-state index < -0.39 is 40.2 Å². The quantitative estimate of drug-likeness (QED) is 0.606. The van der Waals surface area contributed by atoms with Crippen molar-refractivity contribution in [1.82, 2.24) is 0 Å². The van der Waals surface area contributed by atoms with E-state index in [-0.39, 0.29) is 0 Å². The summed E-state index contributed by atoms with van der Waals surface area (Å²) in [6.07, 6.45) is 0.562. The molecule has 13 heavy (non-hydrogen) atoms. The Morgan fingerprint density at radius 2 is 1.31 bits per heavy atom. The Hall–Kier alpha value is 0.240. The number of hydrogen-bond acceptors (Lipinski definition) is 3. The molecule has 0 fully saturated rings. The first kappa shape index (κ1) is 13.2. The molecule has 0 aliphatic carbocycles. The van der Waals surface area contributed by atoms with E-state index >= 15 is 0 Å². The molecule has 0 bridgehead atoms. The smallest absolute Gasteiger partial charge is 0.325 e. The monoisotopic (exact) mass is 246 g/mol. The lowest BCUT2D eigenvalue weighted by molar-refractivity contribution is -0.238. The molecule has 0 aliphatic heterocycles. The molecular weight excluding hydrogens is 242 g/mol. The first-order valence-electron chi connectivity index (χ1n) is 2.63. The van der Waals surface area contributed by atoms with Gasteiger partial charge in [-0.1, -0.05) is 11.8 Å². The van der Waals surface area contributed by atoms with Crippen LogP contribution >= 0.6 is 23.8 Å². The summed E-state index contributed by atoms with van der Waals surface area (Å²) in [7, 11) is 0. The van der Waals surface area contributed by atoms with Crippen LogP contribution < -0.4 is 0 Å². The first-order chi connectivity index (χ1) is 5.62. The minimum atomic E-state index is -5.60. The number of alkyl halides is 6. The molecule has 0 unspecified atom stereocenters. The molecule has 0 radical (unpaired) electrons. The zero-order valence-electron chi connectivity index (χ0n) is 6.03. The van der Waals surface area contributed by atoms with Gasteiger partial charge in [0.25, 0.3) is 0 Å². The van der Waals surface area contributed by atoms with E-state index in [1.165, 1.54) is 0 Å². The molecule has 80 valence electrons. The van der Waals surface area contributed by atoms with Crippen molar-refractivity contribution in [2.75, 3.05) is 6.26 Å². The minimum absolute atomic E-state index is 0.562. The predicted molar refractivity (Wildman–Crippen MR) is 38.6 cm³/mol. The fraction of sp³-hybridized carbons (Fsp3) is 1.00. The van der Waals surface area contributed by atoms with Gasteiger partial charge in [0.15, 0.2) is 0 Å². The van der Waals surface area contributed by atoms with Crippen LogP contribution in [0.15, 0.2) is 0 Å². The van der Waals surface area contributed by atoms with Gasteiger partial charge in [0.1, 0.15) is 0 Å². The molecule has 0 rings (SSSR count). The number of rotatable bonds is 4. The molecule has 0 amide bonds. The third-order valence-corrected chi connectivity index (χ3v) is 2.36. The summed E-state index contributed by atoms with van der Waals surface area (Å²) in [5, 5.41) is -10.1. The van der Waals surface area contributed by atoms with Gasteiger partial charge in [0, 0.05) is 0 Å². The van der Waals surface area contributed by atoms with Gasteiger partial charge in [-0.3, -0.25) is 0 Å². The minimum Gasteiger partial charge on any atom is -0.325 e. The van der Waals surface area contributed by atoms with Crippen molar-refractivity contribution in [2.45, 2.75) is 16.4 Å². The van der Waals surface area contributed by atoms with Crippen LogP contribution in [0.3, 0.4) is 0 Å². The van der Waals surface area contributed by atoms with Crippen LogP contribution in [-0.4, -0.2) is 27.2 Å². The highest BCUT2D eigenvalue weighted by atomic mass is 32.2. The molecule has 0 spiro atoms. The summed E-state index contributed by atoms with van der Waals surface area (Å²) in [6.45, 7) is 0. The van der Waals surface area contributed by atoms with Crippen molar-refractivity contribution in [3.8, 4) is 0 Å². The first-order valence-corrected chi connectivity index (χ1v) is 4.63. The standard InChI is InChI=1S/C4H4F6OS2/c1-12-3(7,8)2(5,6)4(9,10)13-11/h11H,1H3. The summed E-state index contributed by atoms with van der Waals surface area (Å²) >= 11 is -2.31. The topological polar surface area (TPSA) is 20.2 Å². The highest BCUT2D eigenvalue weighted by Gasteiger charge is 2.72. The van der Waals surface area contributed by atoms with E-state index in [9.17, 15) is 26.3 Å². The van der Waals surface area contributed by atoms with Crippen LogP contribution in [0.25, 0.3) is 0 Å². The Bertz CT molecular complexity index is 165. The highest BCUT2D eigenvalue weighted by molar-refractivity contribution is 7.99. The second-order valence-electron chi connectivity index (χ2n) is 1.90. The normalized spacial score (nSPS) is 14.8. The average Bonchev–Trinajstić information content (AvgIpc) is 2.03. The van der Waals surface area contributed by atoms with E-state index in [0.717, 1.165) is 0 Å². The second-order valence-corrected chi connectivity index (χ2v) is 3.52. The third-order valence-electron chi connectivity index (χ3n) is 1.10. The zero-order chi connectivity index (χ0) is 10.9. The molecule has 0 aliphatic rings. The zero-order valence-corrected chi connectivity index (χ0v) is 7.66. The lowest BCUT2D eigenvalue weighted by atomic mass is 10.3. The fourth-order valence-corrected chi connectivity index (χ4v) is 1.05. The van der Waals surface area contributed by atoms with Crippen molar-refractivity contribution in [3.05, 3.63) is 0 Å². The highest BCUT2D eigenvalue weighted by Crippen LogP contribution is 2.53. The van der Waals surface area contributed by atoms with Crippen molar-refractivity contribution in [1.29, 1.82) is 0 Å². The van der Waals surface area contributed by atoms with Crippen molar-refractivity contribution < 1.29 is 30.9 Å². The van der Waals surface area contributed by atoms with Gasteiger partial charge >= 0.3 is 16.4 Å². The molecule has 0 atom stereocenters. The number of thioether (sulfide) groups is 1. The Morgan fingerprint density at radius 1 is 0.923 bits per heavy atom. The van der Waals surface area contributed by atoms with Crippen LogP contribution in [0.5, 0.6) is 0 Å². The van der Waals surface area contributed by atoms with Crippen molar-refractivity contribution in [3.63, 3.8) is 0 Å². The average molecular weight is 246 g/mol. The maximum Gasteiger partial charge on any atom is 0.393 e. The van der Waals surface area contributed by atoms with Gasteiger partial charge in [-0.25, -0.2) is 0 Å². The lowest BCUT2D eigenvalue weighted by Gasteiger charge is -2.29. The number of hydrogen-bond donors (Lipinski definition) is 1. The summed E-state index contributed by atoms with van der Waals surface area (Å²) < 4.78 is 80.9. The molecule has 0 heterocycles. The lowest BCUT2D eigenvalue weighted by Crippen LogP contribution is -2.50. The molecular formula is C4H4F6OS2. The Morgan fingerprint density at radius 3 is 1.54 bits per heavy atom. The Kier molecular flexibility index (Phi) is 3.84. The second kappa shape index (κ2) is 3.77. The summed E-state index contributed by atoms with van der Waals surface area (Å²) in [5.41, 5.74) is 0. The third kappa shape index (κ3) is 2.18. The largest absolute Gasteiger partial charge is 0.393 e. The Balaban J connectivity index is 4.95. The summed E-state index contributed by atoms with van der Waals surface area (Å²) in [6, 6.07) is 0. The molecule has 9 heteroatoms. The van der Waals surface area contributed by atoms with Crippen LogP contribution in [0.4, 0.5) is 26.3 Å². The maximum absolute atomic E-state index is 12.3. The van der Waals surface area contributed by atoms with Crippen LogP contribution in [0, 0.1) is 0 Å². The molecule has 0 aromatic rings. The predicted octanol–water partition coefficient (Wildman–Crippen LogP) is 3.38. The summed E-state index contributed by atoms with van der Waals surface area (Å²) in [5.74, 6) is -5.60. The van der Waals surface area contributed by atoms with Crippen molar-refractivity contribution in [2.24, 2.45) is 0 Å². The maximum atomic E-state index is 12.3.